The van der Waals surface area contributed by atoms with Crippen LogP contribution in [0, 0.1) is 29.5 Å². The Kier molecular flexibility index (Phi) is 26.2. The minimum absolute atomic E-state index is 0.00155. The molecule has 4 fully saturated rings. The number of alkyl halides is 3. The molecule has 0 unspecified atom stereocenters. The molecule has 0 bridgehead atoms. The van der Waals surface area contributed by atoms with Gasteiger partial charge in [-0.2, -0.15) is 13.2 Å². The summed E-state index contributed by atoms with van der Waals surface area (Å²) in [6.07, 6.45) is 7.77. The maximum Gasteiger partial charge on any atom is 0.419 e. The number of ketones is 4. The second kappa shape index (κ2) is 39.3. The summed E-state index contributed by atoms with van der Waals surface area (Å²) in [5, 5.41) is 12.9. The number of aromatic nitrogens is 4. The number of ether oxygens (including phenoxy) is 9. The Labute approximate surface area is 837 Å². The third kappa shape index (κ3) is 20.6. The maximum atomic E-state index is 13.5. The molecule has 0 spiro atoms. The van der Waals surface area contributed by atoms with E-state index in [4.69, 9.17) is 89.0 Å². The zero-order valence-electron chi connectivity index (χ0n) is 77.1. The second-order valence-corrected chi connectivity index (χ2v) is 39.5. The van der Waals surface area contributed by atoms with Gasteiger partial charge in [0.05, 0.1) is 27.7 Å². The molecule has 12 heterocycles. The van der Waals surface area contributed by atoms with Gasteiger partial charge in [-0.15, -0.1) is 0 Å². The Morgan fingerprint density at radius 1 is 0.371 bits per heavy atom. The molecular weight excluding hydrogens is 1930 g/mol. The fourth-order valence-corrected chi connectivity index (χ4v) is 21.6. The lowest BCUT2D eigenvalue weighted by atomic mass is 10.00. The van der Waals surface area contributed by atoms with Gasteiger partial charge in [0.2, 0.25) is 23.6 Å². The number of nitrogens with zero attached hydrogens (tertiary/aromatic N) is 5. The number of carbonyl (C=O) groups is 8. The van der Waals surface area contributed by atoms with Gasteiger partial charge in [0, 0.05) is 205 Å². The Balaban J connectivity index is 0.000000113. The van der Waals surface area contributed by atoms with E-state index >= 15 is 0 Å². The van der Waals surface area contributed by atoms with Crippen LogP contribution in [0.1, 0.15) is 153 Å². The summed E-state index contributed by atoms with van der Waals surface area (Å²) >= 11 is 24.4. The second-order valence-electron chi connectivity index (χ2n) is 37.9. The first kappa shape index (κ1) is 95.2. The number of benzene rings is 8. The van der Waals surface area contributed by atoms with Crippen LogP contribution < -0.4 is 63.9 Å². The SMILES string of the molecule is CN(C)Cc1ccc(CC(=O)C[C@@H]2[C@H]3Oc4ccc(Oc5ccnc6c5CCC(=O)N6)cc4[C@@H]23)cc1.COc1cc(CC(=O)C[C@@H]2[C@H]3Oc4ccc(Oc5ccnc6c5CCC(=O)N6)cc4[C@@H]23)c(Cl)cc1Cl.O=C(Cc1ccc(Cl)c(Cl)c1)C[C@@H]1[C@H]2Oc3ccc(Oc4ccnc5c4CCC(=O)N5)cc3[C@@H]12.O=C(Cc1ccc(F)c(C(F)(F)F)c1)C[C@@H]1[C@H]2Oc3ccc(Oc4ccnc5c4CCC(=O)N5)cc3[C@@H]12. The Morgan fingerprint density at radius 2 is 0.699 bits per heavy atom. The van der Waals surface area contributed by atoms with Crippen LogP contribution in [0.5, 0.6) is 74.7 Å². The van der Waals surface area contributed by atoms with Crippen molar-refractivity contribution in [3.05, 3.63) is 298 Å². The number of methoxy groups -OCH3 is 1. The number of pyridine rings is 4. The molecule has 26 nitrogen and oxygen atoms in total. The number of Topliss-reactive ketones (excluding diaryl/α,β-unsaturated/α-hetero) is 4. The minimum Gasteiger partial charge on any atom is -0.495 e. The van der Waals surface area contributed by atoms with E-state index in [-0.39, 0.29) is 143 Å². The lowest BCUT2D eigenvalue weighted by molar-refractivity contribution is -0.140. The summed E-state index contributed by atoms with van der Waals surface area (Å²) < 4.78 is 107. The number of nitrogens with one attached hydrogen (secondary N) is 4. The molecule has 4 aromatic heterocycles. The van der Waals surface area contributed by atoms with Gasteiger partial charge in [-0.1, -0.05) is 82.8 Å². The number of amides is 4. The van der Waals surface area contributed by atoms with E-state index in [1.54, 1.807) is 67.3 Å². The van der Waals surface area contributed by atoms with Crippen LogP contribution in [0.15, 0.2) is 195 Å². The summed E-state index contributed by atoms with van der Waals surface area (Å²) in [5.41, 5.74) is 10.3. The molecule has 4 aliphatic carbocycles. The van der Waals surface area contributed by atoms with Crippen molar-refractivity contribution >= 4 is 116 Å². The Bertz CT molecular complexity index is 7220. The molecule has 4 N–H and O–H groups in total. The molecule has 8 aromatic carbocycles. The summed E-state index contributed by atoms with van der Waals surface area (Å²) in [7, 11) is 5.62. The first-order valence-electron chi connectivity index (χ1n) is 47.1. The molecular formula is C109H91Cl4F4N9O17. The highest BCUT2D eigenvalue weighted by atomic mass is 35.5. The van der Waals surface area contributed by atoms with Crippen molar-refractivity contribution in [2.24, 2.45) is 23.7 Å². The van der Waals surface area contributed by atoms with Crippen LogP contribution in [-0.2, 0) is 102 Å². The van der Waals surface area contributed by atoms with Crippen LogP contribution >= 0.6 is 46.4 Å². The highest BCUT2D eigenvalue weighted by molar-refractivity contribution is 6.42. The van der Waals surface area contributed by atoms with Gasteiger partial charge in [0.25, 0.3) is 0 Å². The summed E-state index contributed by atoms with van der Waals surface area (Å²) in [4.78, 5) is 117. The Morgan fingerprint density at radius 3 is 1.04 bits per heavy atom. The lowest BCUT2D eigenvalue weighted by Gasteiger charge is -2.19. The molecule has 12 aromatic rings. The zero-order valence-corrected chi connectivity index (χ0v) is 80.1. The number of rotatable bonds is 27. The average molecular weight is 2020 g/mol. The van der Waals surface area contributed by atoms with Gasteiger partial charge >= 0.3 is 6.18 Å². The predicted molar refractivity (Wildman–Crippen MR) is 521 cm³/mol. The number of hydrogen-bond donors (Lipinski definition) is 4. The van der Waals surface area contributed by atoms with Crippen molar-refractivity contribution in [2.45, 2.75) is 164 Å². The number of anilines is 4. The van der Waals surface area contributed by atoms with Crippen molar-refractivity contribution in [3.8, 4) is 74.7 Å². The van der Waals surface area contributed by atoms with E-state index in [9.17, 15) is 55.9 Å². The molecule has 4 saturated carbocycles. The van der Waals surface area contributed by atoms with Gasteiger partial charge in [-0.05, 0) is 201 Å². The van der Waals surface area contributed by atoms with E-state index < -0.39 is 17.6 Å². The van der Waals surface area contributed by atoms with Crippen LogP contribution in [0.25, 0.3) is 0 Å². The minimum atomic E-state index is -4.82. The first-order chi connectivity index (χ1) is 69.0. The van der Waals surface area contributed by atoms with Gasteiger partial charge in [-0.3, -0.25) is 38.4 Å². The molecule has 12 atom stereocenters. The normalized spacial score (nSPS) is 21.3. The monoisotopic (exact) mass is 2010 g/mol. The van der Waals surface area contributed by atoms with Crippen LogP contribution in [0.4, 0.5) is 40.8 Å². The Hall–Kier alpha value is -14.0. The average Bonchev–Trinajstić information content (AvgIpc) is 1.57. The van der Waals surface area contributed by atoms with Gasteiger partial charge < -0.3 is 68.8 Å². The highest BCUT2D eigenvalue weighted by Gasteiger charge is 2.62. The maximum absolute atomic E-state index is 13.5. The molecule has 34 heteroatoms. The molecule has 24 rings (SSSR count). The van der Waals surface area contributed by atoms with Crippen LogP contribution in [0.3, 0.4) is 0 Å². The van der Waals surface area contributed by atoms with E-state index in [0.29, 0.717) is 190 Å². The third-order valence-electron chi connectivity index (χ3n) is 27.8. The summed E-state index contributed by atoms with van der Waals surface area (Å²) in [6.45, 7) is 0.891. The van der Waals surface area contributed by atoms with Gasteiger partial charge in [0.15, 0.2) is 0 Å². The van der Waals surface area contributed by atoms with Crippen LogP contribution in [0.2, 0.25) is 20.1 Å². The fraction of sp³-hybridized carbons (Fsp3) is 0.303. The van der Waals surface area contributed by atoms with Crippen molar-refractivity contribution in [1.82, 2.24) is 24.8 Å². The number of hydrogen-bond acceptors (Lipinski definition) is 22. The molecule has 12 aliphatic rings. The van der Waals surface area contributed by atoms with Gasteiger partial charge in [-0.25, -0.2) is 24.3 Å². The van der Waals surface area contributed by atoms with E-state index in [2.05, 4.69) is 70.4 Å². The molecule has 0 saturated heterocycles. The van der Waals surface area contributed by atoms with Crippen molar-refractivity contribution in [1.29, 1.82) is 0 Å². The molecule has 0 radical (unpaired) electrons. The molecule has 143 heavy (non-hydrogen) atoms. The third-order valence-corrected chi connectivity index (χ3v) is 29.2. The zero-order chi connectivity index (χ0) is 99.1. The molecule has 4 amide bonds. The smallest absolute Gasteiger partial charge is 0.419 e. The molecule has 730 valence electrons. The number of halogens is 8. The topological polar surface area (TPSA) is 323 Å². The molecule has 8 aliphatic heterocycles. The first-order valence-corrected chi connectivity index (χ1v) is 48.7. The predicted octanol–water partition coefficient (Wildman–Crippen LogP) is 21.6. The quantitative estimate of drug-likeness (QED) is 0.0348. The van der Waals surface area contributed by atoms with Crippen molar-refractivity contribution in [2.75, 3.05) is 42.5 Å². The van der Waals surface area contributed by atoms with E-state index in [1.807, 2.05) is 99.0 Å². The highest BCUT2D eigenvalue weighted by Crippen LogP contribution is 2.65. The fourth-order valence-electron chi connectivity index (χ4n) is 20.7. The number of carbonyl (C=O) groups excluding carboxylic acids is 8. The van der Waals surface area contributed by atoms with Crippen molar-refractivity contribution in [3.63, 3.8) is 0 Å². The number of fused-ring (bicyclic) bond motifs is 16. The largest absolute Gasteiger partial charge is 0.495 e. The van der Waals surface area contributed by atoms with Gasteiger partial charge in [0.1, 0.15) is 151 Å². The summed E-state index contributed by atoms with van der Waals surface area (Å²) in [5.74, 6) is 11.0. The lowest BCUT2D eigenvalue weighted by Crippen LogP contribution is -2.20. The van der Waals surface area contributed by atoms with E-state index in [1.165, 1.54) is 18.7 Å². The van der Waals surface area contributed by atoms with Crippen molar-refractivity contribution < 1.29 is 98.5 Å². The summed E-state index contributed by atoms with van der Waals surface area (Å²) in [6, 6.07) is 49.6. The van der Waals surface area contributed by atoms with Crippen LogP contribution in [-0.4, -0.2) is 117 Å². The van der Waals surface area contributed by atoms with E-state index in [0.717, 1.165) is 91.2 Å². The standard InChI is InChI=1S/C29H29N3O4.C27H22Cl2N2O5.C27H20F4N2O4.C26H20Cl2N2O4/c1-32(2)16-18-5-3-17(4-6-18)13-19(33)14-23-27-22-15-20(7-9-24(22)36-28(23)27)35-25-11-12-30-29-21(25)8-10-26(34)31-29;1-34-23-9-13(19(28)12-20(23)29)8-14(32)10-18-25-17-11-15(2-4-21(17)36-26(18)25)35-22-6-7-30-27-16(22)3-5-24(33)31-27;28-20-4-1-13(10-19(20)27(29,30)31)9-14(34)11-18-24-17-12-15(2-5-21(17)37-25(18)24)36-22-7-8-32-26-16(22)3-6-23(35)33-26;27-19-4-1-13(10-20(19)28)9-14(31)11-18-24-17-12-15(2-5-21(17)34-25(18)24)33-22-7-8-29-26-16(22)3-6-23(32)30-26/h3-7,9,11-12,15,23,27-28H,8,10,13-14,16H2,1-2H3,(H,30,31,34);2,4,6-7,9,11-12,18,25-26H,3,5,8,10H2,1H3,(H,30,31,33);1-2,4-5,7-8,10,12,18,24-25H,3,6,9,11H2,(H,32,33,35);1-2,4-5,7-8,10,12,18,24-25H,3,6,9,11H2,(H,29,30,32)/t23-,27-,28+;18-,25-,26+;2*18-,24-,25+/m0000/s1.